The molecule has 0 spiro atoms. The average Bonchev–Trinajstić information content (AvgIpc) is 3.09. The van der Waals surface area contributed by atoms with Gasteiger partial charge in [0.2, 0.25) is 5.95 Å². The summed E-state index contributed by atoms with van der Waals surface area (Å²) in [5.41, 5.74) is 3.67. The lowest BCUT2D eigenvalue weighted by Crippen LogP contribution is -2.29. The summed E-state index contributed by atoms with van der Waals surface area (Å²) >= 11 is 3.41. The maximum Gasteiger partial charge on any atom is 0.329 e. The van der Waals surface area contributed by atoms with E-state index in [1.54, 1.807) is 13.3 Å². The van der Waals surface area contributed by atoms with Crippen molar-refractivity contribution >= 4 is 39.3 Å². The number of unbranched alkanes of at least 4 members (excludes halogenated alkanes) is 5. The van der Waals surface area contributed by atoms with E-state index in [-0.39, 0.29) is 0 Å². The van der Waals surface area contributed by atoms with Gasteiger partial charge in [-0.05, 0) is 24.1 Å². The summed E-state index contributed by atoms with van der Waals surface area (Å²) in [6.45, 7) is 2.82. The lowest BCUT2D eigenvalue weighted by atomic mass is 10.1. The minimum absolute atomic E-state index is 0.344. The lowest BCUT2D eigenvalue weighted by Gasteiger charge is -2.08. The van der Waals surface area contributed by atoms with E-state index in [1.165, 1.54) is 30.3 Å². The molecule has 0 atom stereocenters. The number of anilines is 1. The molecule has 0 aliphatic rings. The van der Waals surface area contributed by atoms with Gasteiger partial charge in [-0.1, -0.05) is 67.1 Å². The summed E-state index contributed by atoms with van der Waals surface area (Å²) in [6, 6.07) is 7.74. The zero-order valence-electron chi connectivity index (χ0n) is 17.3. The monoisotopic (exact) mass is 474 g/mol. The van der Waals surface area contributed by atoms with Crippen LogP contribution in [0.3, 0.4) is 0 Å². The summed E-state index contributed by atoms with van der Waals surface area (Å²) in [5.74, 6) is 0.443. The van der Waals surface area contributed by atoms with Crippen molar-refractivity contribution in [2.45, 2.75) is 52.0 Å². The van der Waals surface area contributed by atoms with Crippen LogP contribution in [-0.2, 0) is 13.6 Å². The third-order valence-corrected chi connectivity index (χ3v) is 5.52. The SMILES string of the molecule is CCCCCCCCn1c(NN=Cc2ccc(Br)cc2)nc2c1c(=O)[nH]c(=O)n2C. The fourth-order valence-corrected chi connectivity index (χ4v) is 3.57. The number of aromatic amines is 1. The third kappa shape index (κ3) is 5.27. The number of fused-ring (bicyclic) bond motifs is 1. The number of hydrazone groups is 1. The Kier molecular flexibility index (Phi) is 7.62. The molecular formula is C21H27BrN6O2. The van der Waals surface area contributed by atoms with Gasteiger partial charge in [-0.2, -0.15) is 10.1 Å². The Morgan fingerprint density at radius 1 is 1.13 bits per heavy atom. The number of hydrogen-bond acceptors (Lipinski definition) is 5. The van der Waals surface area contributed by atoms with Gasteiger partial charge in [0.15, 0.2) is 11.2 Å². The van der Waals surface area contributed by atoms with Crippen molar-refractivity contribution in [1.29, 1.82) is 0 Å². The first-order valence-corrected chi connectivity index (χ1v) is 11.0. The normalized spacial score (nSPS) is 11.6. The summed E-state index contributed by atoms with van der Waals surface area (Å²) in [5, 5.41) is 4.27. The first-order valence-electron chi connectivity index (χ1n) is 10.3. The highest BCUT2D eigenvalue weighted by atomic mass is 79.9. The topological polar surface area (TPSA) is 97.1 Å². The van der Waals surface area contributed by atoms with Gasteiger partial charge in [-0.15, -0.1) is 0 Å². The molecule has 2 aromatic heterocycles. The summed E-state index contributed by atoms with van der Waals surface area (Å²) < 4.78 is 4.15. The van der Waals surface area contributed by atoms with E-state index in [4.69, 9.17) is 0 Å². The van der Waals surface area contributed by atoms with Gasteiger partial charge in [-0.3, -0.25) is 14.3 Å². The van der Waals surface area contributed by atoms with E-state index in [1.807, 2.05) is 28.8 Å². The Hall–Kier alpha value is -2.68. The van der Waals surface area contributed by atoms with Gasteiger partial charge in [-0.25, -0.2) is 10.2 Å². The second-order valence-electron chi connectivity index (χ2n) is 7.27. The first kappa shape index (κ1) is 22.0. The van der Waals surface area contributed by atoms with E-state index in [0.29, 0.717) is 23.7 Å². The van der Waals surface area contributed by atoms with Crippen LogP contribution in [0.4, 0.5) is 5.95 Å². The minimum atomic E-state index is -0.485. The zero-order chi connectivity index (χ0) is 21.5. The Balaban J connectivity index is 1.84. The van der Waals surface area contributed by atoms with Gasteiger partial charge < -0.3 is 4.57 Å². The summed E-state index contributed by atoms with van der Waals surface area (Å²) in [4.78, 5) is 31.3. The lowest BCUT2D eigenvalue weighted by molar-refractivity contribution is 0.565. The third-order valence-electron chi connectivity index (χ3n) is 4.99. The van der Waals surface area contributed by atoms with E-state index in [2.05, 4.69) is 43.3 Å². The molecular weight excluding hydrogens is 448 g/mol. The van der Waals surface area contributed by atoms with Crippen molar-refractivity contribution in [2.24, 2.45) is 12.1 Å². The van der Waals surface area contributed by atoms with Crippen LogP contribution in [0.1, 0.15) is 51.0 Å². The standard InChI is InChI=1S/C21H27BrN6O2/c1-3-4-5-6-7-8-13-28-17-18(27(2)21(30)25-19(17)29)24-20(28)26-23-14-15-9-11-16(22)12-10-15/h9-12,14H,3-8,13H2,1-2H3,(H,24,26)(H,25,29,30). The predicted octanol–water partition coefficient (Wildman–Crippen LogP) is 3.99. The Bertz CT molecular complexity index is 1130. The molecule has 3 aromatic rings. The van der Waals surface area contributed by atoms with E-state index in [0.717, 1.165) is 22.9 Å². The molecule has 8 nitrogen and oxygen atoms in total. The van der Waals surface area contributed by atoms with E-state index < -0.39 is 11.2 Å². The number of hydrogen-bond donors (Lipinski definition) is 2. The van der Waals surface area contributed by atoms with Crippen molar-refractivity contribution in [3.63, 3.8) is 0 Å². The number of H-pyrrole nitrogens is 1. The van der Waals surface area contributed by atoms with Crippen LogP contribution in [0, 0.1) is 0 Å². The Morgan fingerprint density at radius 2 is 1.83 bits per heavy atom. The van der Waals surface area contributed by atoms with Crippen LogP contribution in [0.25, 0.3) is 11.2 Å². The molecule has 3 rings (SSSR count). The van der Waals surface area contributed by atoms with Crippen molar-refractivity contribution in [3.8, 4) is 0 Å². The molecule has 0 radical (unpaired) electrons. The number of halogens is 1. The van der Waals surface area contributed by atoms with Crippen LogP contribution >= 0.6 is 15.9 Å². The van der Waals surface area contributed by atoms with Gasteiger partial charge in [0, 0.05) is 18.1 Å². The largest absolute Gasteiger partial charge is 0.329 e. The second-order valence-corrected chi connectivity index (χ2v) is 8.18. The maximum absolute atomic E-state index is 12.5. The first-order chi connectivity index (χ1) is 14.5. The highest BCUT2D eigenvalue weighted by Crippen LogP contribution is 2.17. The van der Waals surface area contributed by atoms with Gasteiger partial charge >= 0.3 is 5.69 Å². The van der Waals surface area contributed by atoms with E-state index in [9.17, 15) is 9.59 Å². The molecule has 2 heterocycles. The Morgan fingerprint density at radius 3 is 2.57 bits per heavy atom. The highest BCUT2D eigenvalue weighted by Gasteiger charge is 2.16. The number of aryl methyl sites for hydroxylation is 2. The number of nitrogens with zero attached hydrogens (tertiary/aromatic N) is 4. The summed E-state index contributed by atoms with van der Waals surface area (Å²) in [6.07, 6.45) is 8.52. The van der Waals surface area contributed by atoms with E-state index >= 15 is 0 Å². The molecule has 0 bridgehead atoms. The second kappa shape index (κ2) is 10.4. The molecule has 0 saturated carbocycles. The molecule has 0 aliphatic heterocycles. The summed E-state index contributed by atoms with van der Waals surface area (Å²) in [7, 11) is 1.59. The molecule has 0 unspecified atom stereocenters. The zero-order valence-corrected chi connectivity index (χ0v) is 18.9. The molecule has 0 aliphatic carbocycles. The molecule has 160 valence electrons. The van der Waals surface area contributed by atoms with Crippen molar-refractivity contribution in [2.75, 3.05) is 5.43 Å². The Labute approximate surface area is 183 Å². The van der Waals surface area contributed by atoms with Crippen LogP contribution in [0.2, 0.25) is 0 Å². The van der Waals surface area contributed by atoms with Gasteiger partial charge in [0.05, 0.1) is 6.21 Å². The van der Waals surface area contributed by atoms with Crippen molar-refractivity contribution < 1.29 is 0 Å². The average molecular weight is 475 g/mol. The number of rotatable bonds is 10. The molecule has 2 N–H and O–H groups in total. The molecule has 0 amide bonds. The van der Waals surface area contributed by atoms with Gasteiger partial charge in [0.25, 0.3) is 5.56 Å². The smallest absolute Gasteiger partial charge is 0.303 e. The van der Waals surface area contributed by atoms with Crippen LogP contribution in [0.5, 0.6) is 0 Å². The fraction of sp³-hybridized carbons (Fsp3) is 0.429. The van der Waals surface area contributed by atoms with Crippen molar-refractivity contribution in [1.82, 2.24) is 19.1 Å². The molecule has 0 fully saturated rings. The molecule has 9 heteroatoms. The van der Waals surface area contributed by atoms with Crippen LogP contribution in [0.15, 0.2) is 43.4 Å². The molecule has 0 saturated heterocycles. The van der Waals surface area contributed by atoms with Crippen LogP contribution < -0.4 is 16.7 Å². The fourth-order valence-electron chi connectivity index (χ4n) is 3.30. The molecule has 30 heavy (non-hydrogen) atoms. The van der Waals surface area contributed by atoms with Crippen LogP contribution in [-0.4, -0.2) is 25.3 Å². The number of aromatic nitrogens is 4. The van der Waals surface area contributed by atoms with Crippen molar-refractivity contribution in [3.05, 3.63) is 55.1 Å². The molecule has 1 aromatic carbocycles. The predicted molar refractivity (Wildman–Crippen MR) is 124 cm³/mol. The highest BCUT2D eigenvalue weighted by molar-refractivity contribution is 9.10. The van der Waals surface area contributed by atoms with Gasteiger partial charge in [0.1, 0.15) is 0 Å². The number of benzene rings is 1. The minimum Gasteiger partial charge on any atom is -0.303 e. The quantitative estimate of drug-likeness (QED) is 0.263. The maximum atomic E-state index is 12.5. The number of imidazole rings is 1. The number of nitrogens with one attached hydrogen (secondary N) is 2.